The second-order valence-corrected chi connectivity index (χ2v) is 9.46. The number of rotatable bonds is 9. The Balaban J connectivity index is 1.30. The molecule has 3 N–H and O–H groups in total. The molecule has 0 radical (unpaired) electrons. The maximum absolute atomic E-state index is 12.1. The predicted octanol–water partition coefficient (Wildman–Crippen LogP) is 1.67. The highest BCUT2D eigenvalue weighted by Crippen LogP contribution is 2.25. The molecule has 0 unspecified atom stereocenters. The van der Waals surface area contributed by atoms with E-state index in [0.29, 0.717) is 25.3 Å². The van der Waals surface area contributed by atoms with Gasteiger partial charge in [-0.25, -0.2) is 13.6 Å². The lowest BCUT2D eigenvalue weighted by atomic mass is 10.2. The molecule has 3 heterocycles. The molecule has 27 heavy (non-hydrogen) atoms. The molecular formula is C17H24N4O4S2. The second-order valence-electron chi connectivity index (χ2n) is 6.67. The summed E-state index contributed by atoms with van der Waals surface area (Å²) < 4.78 is 27.9. The first-order valence-corrected chi connectivity index (χ1v) is 11.4. The van der Waals surface area contributed by atoms with Crippen molar-refractivity contribution in [3.05, 3.63) is 29.3 Å². The van der Waals surface area contributed by atoms with Gasteiger partial charge < -0.3 is 14.7 Å². The first-order chi connectivity index (χ1) is 12.9. The van der Waals surface area contributed by atoms with Crippen LogP contribution < -0.4 is 10.5 Å². The van der Waals surface area contributed by atoms with Crippen LogP contribution in [0.2, 0.25) is 0 Å². The summed E-state index contributed by atoms with van der Waals surface area (Å²) in [6.45, 7) is 2.72. The van der Waals surface area contributed by atoms with Crippen LogP contribution in [0.4, 0.5) is 0 Å². The number of thiophene rings is 1. The number of sulfonamides is 1. The SMILES string of the molecule is NS(=O)(=O)[C@H]1CCN(CCCCCNC(=O)c2cc(-c3cccs3)on2)C1. The average molecular weight is 413 g/mol. The van der Waals surface area contributed by atoms with Gasteiger partial charge in [0.25, 0.3) is 5.91 Å². The molecule has 0 saturated carbocycles. The van der Waals surface area contributed by atoms with Crippen molar-refractivity contribution in [1.29, 1.82) is 0 Å². The normalized spacial score (nSPS) is 18.0. The smallest absolute Gasteiger partial charge is 0.273 e. The van der Waals surface area contributed by atoms with Gasteiger partial charge in [0.1, 0.15) is 0 Å². The Bertz CT molecular complexity index is 848. The number of carbonyl (C=O) groups is 1. The Morgan fingerprint density at radius 3 is 2.96 bits per heavy atom. The summed E-state index contributed by atoms with van der Waals surface area (Å²) in [6, 6.07) is 5.48. The fourth-order valence-electron chi connectivity index (χ4n) is 3.12. The third-order valence-corrected chi connectivity index (χ3v) is 6.84. The maximum Gasteiger partial charge on any atom is 0.273 e. The number of primary sulfonamides is 1. The molecule has 1 aliphatic heterocycles. The number of nitrogens with one attached hydrogen (secondary N) is 1. The van der Waals surface area contributed by atoms with E-state index in [1.807, 2.05) is 17.5 Å². The van der Waals surface area contributed by atoms with Crippen molar-refractivity contribution >= 4 is 27.3 Å². The number of amides is 1. The number of hydrogen-bond donors (Lipinski definition) is 2. The molecule has 1 aliphatic rings. The van der Waals surface area contributed by atoms with Gasteiger partial charge in [-0.2, -0.15) is 0 Å². The third kappa shape index (κ3) is 5.61. The zero-order valence-corrected chi connectivity index (χ0v) is 16.6. The molecular weight excluding hydrogens is 388 g/mol. The van der Waals surface area contributed by atoms with E-state index in [1.165, 1.54) is 11.3 Å². The number of nitrogens with zero attached hydrogens (tertiary/aromatic N) is 2. The average Bonchev–Trinajstić information content (AvgIpc) is 3.38. The van der Waals surface area contributed by atoms with Gasteiger partial charge >= 0.3 is 0 Å². The van der Waals surface area contributed by atoms with Crippen LogP contribution in [-0.2, 0) is 10.0 Å². The lowest BCUT2D eigenvalue weighted by molar-refractivity contribution is 0.0944. The van der Waals surface area contributed by atoms with Crippen LogP contribution in [0.15, 0.2) is 28.1 Å². The fourth-order valence-corrected chi connectivity index (χ4v) is 4.64. The second kappa shape index (κ2) is 8.96. The minimum Gasteiger partial charge on any atom is -0.355 e. The molecule has 1 atom stereocenters. The Morgan fingerprint density at radius 2 is 2.26 bits per heavy atom. The summed E-state index contributed by atoms with van der Waals surface area (Å²) in [5, 5.41) is 13.4. The third-order valence-electron chi connectivity index (χ3n) is 4.64. The number of aromatic nitrogens is 1. The van der Waals surface area contributed by atoms with Crippen molar-refractivity contribution in [2.45, 2.75) is 30.9 Å². The lowest BCUT2D eigenvalue weighted by Crippen LogP contribution is -2.32. The number of likely N-dealkylation sites (tertiary alicyclic amines) is 1. The molecule has 0 aliphatic carbocycles. The summed E-state index contributed by atoms with van der Waals surface area (Å²) in [7, 11) is -3.43. The van der Waals surface area contributed by atoms with Gasteiger partial charge in [-0.15, -0.1) is 11.3 Å². The number of unbranched alkanes of at least 4 members (excludes halogenated alkanes) is 2. The van der Waals surface area contributed by atoms with Gasteiger partial charge in [-0.3, -0.25) is 4.79 Å². The van der Waals surface area contributed by atoms with Crippen LogP contribution in [-0.4, -0.2) is 55.8 Å². The highest BCUT2D eigenvalue weighted by Gasteiger charge is 2.29. The predicted molar refractivity (Wildman–Crippen MR) is 104 cm³/mol. The lowest BCUT2D eigenvalue weighted by Gasteiger charge is -2.15. The minimum atomic E-state index is -3.43. The van der Waals surface area contributed by atoms with E-state index >= 15 is 0 Å². The van der Waals surface area contributed by atoms with Gasteiger partial charge in [0, 0.05) is 19.2 Å². The first-order valence-electron chi connectivity index (χ1n) is 8.96. The first kappa shape index (κ1) is 20.0. The Hall–Kier alpha value is -1.75. The van der Waals surface area contributed by atoms with Crippen molar-refractivity contribution in [3.8, 4) is 10.6 Å². The molecule has 8 nitrogen and oxygen atoms in total. The van der Waals surface area contributed by atoms with Crippen molar-refractivity contribution in [2.75, 3.05) is 26.2 Å². The summed E-state index contributed by atoms with van der Waals surface area (Å²) in [6.07, 6.45) is 3.38. The van der Waals surface area contributed by atoms with Gasteiger partial charge in [-0.1, -0.05) is 17.6 Å². The minimum absolute atomic E-state index is 0.239. The van der Waals surface area contributed by atoms with Gasteiger partial charge in [0.05, 0.1) is 10.1 Å². The molecule has 10 heteroatoms. The van der Waals surface area contributed by atoms with Crippen molar-refractivity contribution in [2.24, 2.45) is 5.14 Å². The Labute approximate surface area is 162 Å². The topological polar surface area (TPSA) is 119 Å². The summed E-state index contributed by atoms with van der Waals surface area (Å²) in [5.41, 5.74) is 0.282. The van der Waals surface area contributed by atoms with Crippen LogP contribution in [0, 0.1) is 0 Å². The largest absolute Gasteiger partial charge is 0.355 e. The molecule has 2 aromatic heterocycles. The molecule has 0 aromatic carbocycles. The van der Waals surface area contributed by atoms with E-state index in [-0.39, 0.29) is 11.6 Å². The van der Waals surface area contributed by atoms with Crippen LogP contribution in [0.3, 0.4) is 0 Å². The molecule has 2 aromatic rings. The molecule has 0 bridgehead atoms. The van der Waals surface area contributed by atoms with Crippen molar-refractivity contribution < 1.29 is 17.7 Å². The molecule has 1 amide bonds. The fraction of sp³-hybridized carbons (Fsp3) is 0.529. The number of hydrogen-bond acceptors (Lipinski definition) is 7. The summed E-state index contributed by atoms with van der Waals surface area (Å²) >= 11 is 1.53. The number of nitrogens with two attached hydrogens (primary N) is 1. The highest BCUT2D eigenvalue weighted by molar-refractivity contribution is 7.89. The Kier molecular flexibility index (Phi) is 6.64. The van der Waals surface area contributed by atoms with Gasteiger partial charge in [-0.05, 0) is 43.8 Å². The van der Waals surface area contributed by atoms with E-state index in [9.17, 15) is 13.2 Å². The molecule has 3 rings (SSSR count). The number of carbonyl (C=O) groups excluding carboxylic acids is 1. The maximum atomic E-state index is 12.1. The summed E-state index contributed by atoms with van der Waals surface area (Å²) in [5.74, 6) is 0.357. The van der Waals surface area contributed by atoms with E-state index < -0.39 is 15.3 Å². The van der Waals surface area contributed by atoms with E-state index in [1.54, 1.807) is 6.07 Å². The van der Waals surface area contributed by atoms with Crippen molar-refractivity contribution in [1.82, 2.24) is 15.4 Å². The quantitative estimate of drug-likeness (QED) is 0.605. The van der Waals surface area contributed by atoms with Gasteiger partial charge in [0.2, 0.25) is 10.0 Å². The van der Waals surface area contributed by atoms with Crippen LogP contribution in [0.1, 0.15) is 36.2 Å². The van der Waals surface area contributed by atoms with Crippen LogP contribution in [0.25, 0.3) is 10.6 Å². The van der Waals surface area contributed by atoms with Crippen molar-refractivity contribution in [3.63, 3.8) is 0 Å². The van der Waals surface area contributed by atoms with E-state index in [0.717, 1.165) is 37.2 Å². The van der Waals surface area contributed by atoms with Crippen LogP contribution >= 0.6 is 11.3 Å². The van der Waals surface area contributed by atoms with E-state index in [4.69, 9.17) is 9.66 Å². The molecule has 148 valence electrons. The monoisotopic (exact) mass is 412 g/mol. The van der Waals surface area contributed by atoms with Gasteiger partial charge in [0.15, 0.2) is 11.5 Å². The Morgan fingerprint density at radius 1 is 1.41 bits per heavy atom. The molecule has 1 fully saturated rings. The molecule has 0 spiro atoms. The highest BCUT2D eigenvalue weighted by atomic mass is 32.2. The standard InChI is InChI=1S/C17H24N4O4S2/c18-27(23,24)13-6-9-21(12-13)8-3-1-2-7-19-17(22)14-11-15(25-20-14)16-5-4-10-26-16/h4-5,10-11,13H,1-3,6-9,12H2,(H,19,22)(H2,18,23,24)/t13-/m0/s1. The van der Waals surface area contributed by atoms with Crippen LogP contribution in [0.5, 0.6) is 0 Å². The summed E-state index contributed by atoms with van der Waals surface area (Å²) in [4.78, 5) is 15.2. The van der Waals surface area contributed by atoms with E-state index in [2.05, 4.69) is 15.4 Å². The molecule has 1 saturated heterocycles. The zero-order valence-electron chi connectivity index (χ0n) is 15.0. The zero-order chi connectivity index (χ0) is 19.3.